The van der Waals surface area contributed by atoms with Gasteiger partial charge in [-0.05, 0) is 36.4 Å². The van der Waals surface area contributed by atoms with Crippen LogP contribution in [0.1, 0.15) is 15.9 Å². The van der Waals surface area contributed by atoms with E-state index >= 15 is 0 Å². The van der Waals surface area contributed by atoms with Crippen LogP contribution in [0, 0.1) is 17.1 Å². The molecule has 0 bridgehead atoms. The highest BCUT2D eigenvalue weighted by atomic mass is 35.5. The SMILES string of the molecule is N#Cc1ccc(Cl)c(NC(=O)c2ccc(-n3cncn3)c(F)c2)c1. The number of hydrogen-bond donors (Lipinski definition) is 1. The van der Waals surface area contributed by atoms with E-state index in [0.29, 0.717) is 5.56 Å². The minimum absolute atomic E-state index is 0.106. The topological polar surface area (TPSA) is 83.6 Å². The van der Waals surface area contributed by atoms with Crippen LogP contribution in [0.5, 0.6) is 0 Å². The first-order valence-electron chi connectivity index (χ1n) is 6.74. The number of anilines is 1. The quantitative estimate of drug-likeness (QED) is 0.793. The van der Waals surface area contributed by atoms with E-state index in [1.807, 2.05) is 6.07 Å². The average Bonchev–Trinajstić information content (AvgIpc) is 3.11. The van der Waals surface area contributed by atoms with Gasteiger partial charge in [-0.25, -0.2) is 14.1 Å². The summed E-state index contributed by atoms with van der Waals surface area (Å²) in [7, 11) is 0. The van der Waals surface area contributed by atoms with Crippen molar-refractivity contribution < 1.29 is 9.18 Å². The maximum absolute atomic E-state index is 14.2. The average molecular weight is 342 g/mol. The summed E-state index contributed by atoms with van der Waals surface area (Å²) in [6.45, 7) is 0. The van der Waals surface area contributed by atoms with E-state index in [9.17, 15) is 9.18 Å². The molecule has 0 saturated heterocycles. The molecule has 0 aliphatic heterocycles. The van der Waals surface area contributed by atoms with E-state index in [4.69, 9.17) is 16.9 Å². The van der Waals surface area contributed by atoms with Gasteiger partial charge in [-0.3, -0.25) is 4.79 Å². The molecule has 0 unspecified atom stereocenters. The van der Waals surface area contributed by atoms with Crippen molar-refractivity contribution in [2.45, 2.75) is 0 Å². The number of carbonyl (C=O) groups excluding carboxylic acids is 1. The zero-order valence-electron chi connectivity index (χ0n) is 12.1. The molecule has 3 rings (SSSR count). The highest BCUT2D eigenvalue weighted by Gasteiger charge is 2.13. The zero-order valence-corrected chi connectivity index (χ0v) is 12.8. The fourth-order valence-electron chi connectivity index (χ4n) is 2.05. The summed E-state index contributed by atoms with van der Waals surface area (Å²) in [5, 5.41) is 15.6. The van der Waals surface area contributed by atoms with E-state index in [-0.39, 0.29) is 22.0 Å². The molecule has 1 N–H and O–H groups in total. The molecular formula is C16H9ClFN5O. The molecule has 118 valence electrons. The number of halogens is 2. The van der Waals surface area contributed by atoms with Crippen LogP contribution in [0.3, 0.4) is 0 Å². The summed E-state index contributed by atoms with van der Waals surface area (Å²) >= 11 is 5.99. The van der Waals surface area contributed by atoms with Crippen molar-refractivity contribution in [3.63, 3.8) is 0 Å². The number of carbonyl (C=O) groups is 1. The summed E-state index contributed by atoms with van der Waals surface area (Å²) in [6, 6.07) is 10.4. The Morgan fingerprint density at radius 2 is 2.12 bits per heavy atom. The molecule has 8 heteroatoms. The maximum Gasteiger partial charge on any atom is 0.255 e. The Kier molecular flexibility index (Phi) is 4.22. The van der Waals surface area contributed by atoms with Crippen LogP contribution < -0.4 is 5.32 Å². The molecule has 6 nitrogen and oxygen atoms in total. The van der Waals surface area contributed by atoms with Crippen LogP contribution in [-0.4, -0.2) is 20.7 Å². The Labute approximate surface area is 141 Å². The largest absolute Gasteiger partial charge is 0.321 e. The highest BCUT2D eigenvalue weighted by Crippen LogP contribution is 2.24. The Morgan fingerprint density at radius 1 is 1.29 bits per heavy atom. The molecule has 1 amide bonds. The smallest absolute Gasteiger partial charge is 0.255 e. The molecule has 0 saturated carbocycles. The standard InChI is InChI=1S/C16H9ClFN5O/c17-12-3-1-10(7-19)5-14(12)22-16(24)11-2-4-15(13(18)6-11)23-9-20-8-21-23/h1-6,8-9H,(H,22,24). The lowest BCUT2D eigenvalue weighted by molar-refractivity contribution is 0.102. The van der Waals surface area contributed by atoms with Crippen LogP contribution in [0.25, 0.3) is 5.69 Å². The summed E-state index contributed by atoms with van der Waals surface area (Å²) in [5.41, 5.74) is 0.909. The van der Waals surface area contributed by atoms with Gasteiger partial charge in [0.25, 0.3) is 5.91 Å². The molecule has 0 aliphatic rings. The number of rotatable bonds is 3. The molecule has 1 aromatic heterocycles. The zero-order chi connectivity index (χ0) is 17.1. The third-order valence-electron chi connectivity index (χ3n) is 3.22. The molecule has 0 spiro atoms. The Bertz CT molecular complexity index is 950. The second kappa shape index (κ2) is 6.48. The van der Waals surface area contributed by atoms with Crippen molar-refractivity contribution in [2.24, 2.45) is 0 Å². The van der Waals surface area contributed by atoms with Gasteiger partial charge in [-0.1, -0.05) is 11.6 Å². The van der Waals surface area contributed by atoms with Crippen molar-refractivity contribution >= 4 is 23.2 Å². The molecule has 0 fully saturated rings. The van der Waals surface area contributed by atoms with E-state index < -0.39 is 11.7 Å². The number of hydrogen-bond acceptors (Lipinski definition) is 4. The monoisotopic (exact) mass is 341 g/mol. The van der Waals surface area contributed by atoms with Gasteiger partial charge in [0.2, 0.25) is 0 Å². The molecule has 1 heterocycles. The number of amides is 1. The number of nitrogens with one attached hydrogen (secondary N) is 1. The maximum atomic E-state index is 14.2. The molecule has 0 atom stereocenters. The normalized spacial score (nSPS) is 10.2. The summed E-state index contributed by atoms with van der Waals surface area (Å²) < 4.78 is 15.4. The molecule has 2 aromatic carbocycles. The van der Waals surface area contributed by atoms with Crippen molar-refractivity contribution in [3.8, 4) is 11.8 Å². The van der Waals surface area contributed by atoms with Crippen LogP contribution in [0.15, 0.2) is 49.1 Å². The Morgan fingerprint density at radius 3 is 2.79 bits per heavy atom. The van der Waals surface area contributed by atoms with Crippen molar-refractivity contribution in [1.29, 1.82) is 5.26 Å². The van der Waals surface area contributed by atoms with E-state index in [2.05, 4.69) is 15.4 Å². The molecule has 0 radical (unpaired) electrons. The molecule has 0 aliphatic carbocycles. The number of aromatic nitrogens is 3. The van der Waals surface area contributed by atoms with Gasteiger partial charge in [-0.15, -0.1) is 0 Å². The Hall–Kier alpha value is -3.24. The first kappa shape index (κ1) is 15.6. The fourth-order valence-corrected chi connectivity index (χ4v) is 2.22. The molecular weight excluding hydrogens is 333 g/mol. The Balaban J connectivity index is 1.86. The van der Waals surface area contributed by atoms with Gasteiger partial charge in [0.05, 0.1) is 22.3 Å². The van der Waals surface area contributed by atoms with Crippen molar-refractivity contribution in [2.75, 3.05) is 5.32 Å². The van der Waals surface area contributed by atoms with Gasteiger partial charge in [0, 0.05) is 5.56 Å². The highest BCUT2D eigenvalue weighted by molar-refractivity contribution is 6.34. The number of nitriles is 1. The predicted molar refractivity (Wildman–Crippen MR) is 85.4 cm³/mol. The lowest BCUT2D eigenvalue weighted by atomic mass is 10.1. The summed E-state index contributed by atoms with van der Waals surface area (Å²) in [5.74, 6) is -1.17. The van der Waals surface area contributed by atoms with Crippen LogP contribution in [0.2, 0.25) is 5.02 Å². The van der Waals surface area contributed by atoms with Crippen LogP contribution >= 0.6 is 11.6 Å². The lowest BCUT2D eigenvalue weighted by Gasteiger charge is -2.09. The van der Waals surface area contributed by atoms with Gasteiger partial charge >= 0.3 is 0 Å². The van der Waals surface area contributed by atoms with Crippen LogP contribution in [-0.2, 0) is 0 Å². The van der Waals surface area contributed by atoms with Crippen molar-refractivity contribution in [1.82, 2.24) is 14.8 Å². The third-order valence-corrected chi connectivity index (χ3v) is 3.55. The second-order valence-corrected chi connectivity index (χ2v) is 5.17. The van der Waals surface area contributed by atoms with E-state index in [1.165, 1.54) is 47.7 Å². The van der Waals surface area contributed by atoms with Gasteiger partial charge < -0.3 is 5.32 Å². The van der Waals surface area contributed by atoms with Crippen molar-refractivity contribution in [3.05, 3.63) is 71.0 Å². The minimum Gasteiger partial charge on any atom is -0.321 e. The first-order valence-corrected chi connectivity index (χ1v) is 7.12. The van der Waals surface area contributed by atoms with E-state index in [0.717, 1.165) is 6.07 Å². The predicted octanol–water partition coefficient (Wildman–Crippen LogP) is 3.18. The fraction of sp³-hybridized carbons (Fsp3) is 0. The lowest BCUT2D eigenvalue weighted by Crippen LogP contribution is -2.13. The second-order valence-electron chi connectivity index (χ2n) is 4.77. The van der Waals surface area contributed by atoms with Crippen LogP contribution in [0.4, 0.5) is 10.1 Å². The van der Waals surface area contributed by atoms with Gasteiger partial charge in [-0.2, -0.15) is 10.4 Å². The third kappa shape index (κ3) is 3.09. The van der Waals surface area contributed by atoms with E-state index in [1.54, 1.807) is 0 Å². The molecule has 24 heavy (non-hydrogen) atoms. The first-order chi connectivity index (χ1) is 11.6. The van der Waals surface area contributed by atoms with Gasteiger partial charge in [0.1, 0.15) is 24.2 Å². The molecule has 3 aromatic rings. The number of benzene rings is 2. The summed E-state index contributed by atoms with van der Waals surface area (Å²) in [4.78, 5) is 16.0. The van der Waals surface area contributed by atoms with Gasteiger partial charge in [0.15, 0.2) is 0 Å². The minimum atomic E-state index is -0.620. The summed E-state index contributed by atoms with van der Waals surface area (Å²) in [6.07, 6.45) is 2.63. The number of nitrogens with zero attached hydrogens (tertiary/aromatic N) is 4.